The van der Waals surface area contributed by atoms with Crippen molar-refractivity contribution in [3.63, 3.8) is 0 Å². The van der Waals surface area contributed by atoms with Crippen LogP contribution < -0.4 is 10.5 Å². The van der Waals surface area contributed by atoms with Gasteiger partial charge in [-0.25, -0.2) is 0 Å². The molecular formula is C13H21FN2O. The molecule has 1 heterocycles. The van der Waals surface area contributed by atoms with Crippen LogP contribution in [0.5, 0.6) is 5.75 Å². The highest BCUT2D eigenvalue weighted by Crippen LogP contribution is 2.19. The number of halogens is 1. The molecule has 0 aromatic carbocycles. The fraction of sp³-hybridized carbons (Fsp3) is 0.615. The molecule has 17 heavy (non-hydrogen) atoms. The summed E-state index contributed by atoms with van der Waals surface area (Å²) >= 11 is 0. The molecule has 4 heteroatoms. The minimum atomic E-state index is -0.358. The average Bonchev–Trinajstić information content (AvgIpc) is 2.32. The van der Waals surface area contributed by atoms with Gasteiger partial charge in [-0.2, -0.15) is 0 Å². The van der Waals surface area contributed by atoms with Crippen LogP contribution in [0.1, 0.15) is 31.2 Å². The zero-order valence-corrected chi connectivity index (χ0v) is 10.6. The molecule has 0 amide bonds. The Balaban J connectivity index is 2.72. The van der Waals surface area contributed by atoms with Gasteiger partial charge in [0.15, 0.2) is 0 Å². The van der Waals surface area contributed by atoms with Crippen molar-refractivity contribution in [1.29, 1.82) is 0 Å². The lowest BCUT2D eigenvalue weighted by Crippen LogP contribution is -2.22. The summed E-state index contributed by atoms with van der Waals surface area (Å²) in [5, 5.41) is 0. The topological polar surface area (TPSA) is 48.1 Å². The molecule has 1 atom stereocenters. The molecule has 0 aliphatic heterocycles. The highest BCUT2D eigenvalue weighted by atomic mass is 19.1. The Morgan fingerprint density at radius 1 is 1.47 bits per heavy atom. The summed E-state index contributed by atoms with van der Waals surface area (Å²) in [5.41, 5.74) is 7.74. The zero-order valence-electron chi connectivity index (χ0n) is 10.6. The number of rotatable bonds is 7. The van der Waals surface area contributed by atoms with Crippen LogP contribution in [0.4, 0.5) is 4.39 Å². The molecule has 0 radical (unpaired) electrons. The van der Waals surface area contributed by atoms with E-state index in [0.29, 0.717) is 19.4 Å². The van der Waals surface area contributed by atoms with Crippen molar-refractivity contribution in [3.05, 3.63) is 23.5 Å². The summed E-state index contributed by atoms with van der Waals surface area (Å²) in [6, 6.07) is 3.87. The van der Waals surface area contributed by atoms with Gasteiger partial charge in [0.2, 0.25) is 0 Å². The van der Waals surface area contributed by atoms with E-state index < -0.39 is 0 Å². The number of nitrogens with zero attached hydrogens (tertiary/aromatic N) is 1. The van der Waals surface area contributed by atoms with E-state index in [1.807, 2.05) is 26.0 Å². The molecule has 0 fully saturated rings. The van der Waals surface area contributed by atoms with Gasteiger partial charge in [-0.3, -0.25) is 9.37 Å². The van der Waals surface area contributed by atoms with Crippen molar-refractivity contribution in [1.82, 2.24) is 4.98 Å². The van der Waals surface area contributed by atoms with E-state index in [1.54, 1.807) is 0 Å². The van der Waals surface area contributed by atoms with Crippen LogP contribution in [0.3, 0.4) is 0 Å². The molecule has 0 spiro atoms. The summed E-state index contributed by atoms with van der Waals surface area (Å²) in [6.45, 7) is 4.01. The summed E-state index contributed by atoms with van der Waals surface area (Å²) in [4.78, 5) is 4.44. The van der Waals surface area contributed by atoms with Crippen molar-refractivity contribution in [2.45, 2.75) is 39.2 Å². The maximum absolute atomic E-state index is 12.0. The molecule has 1 rings (SSSR count). The van der Waals surface area contributed by atoms with Gasteiger partial charge in [0, 0.05) is 24.6 Å². The number of hydrogen-bond donors (Lipinski definition) is 1. The van der Waals surface area contributed by atoms with Gasteiger partial charge >= 0.3 is 0 Å². The van der Waals surface area contributed by atoms with Crippen LogP contribution in [0.15, 0.2) is 12.1 Å². The van der Waals surface area contributed by atoms with E-state index in [4.69, 9.17) is 10.5 Å². The van der Waals surface area contributed by atoms with E-state index in [-0.39, 0.29) is 12.7 Å². The Morgan fingerprint density at radius 3 is 2.88 bits per heavy atom. The number of aryl methyl sites for hydroxylation is 1. The van der Waals surface area contributed by atoms with Gasteiger partial charge in [-0.15, -0.1) is 0 Å². The first kappa shape index (κ1) is 13.9. The molecular weight excluding hydrogens is 219 g/mol. The SMILES string of the molecule is CCC(N)Cc1nc(C)ccc1OCCCF. The predicted octanol–water partition coefficient (Wildman–Crippen LogP) is 2.41. The maximum atomic E-state index is 12.0. The lowest BCUT2D eigenvalue weighted by Gasteiger charge is -2.13. The molecule has 1 aromatic rings. The van der Waals surface area contributed by atoms with Crippen LogP contribution in [0, 0.1) is 6.92 Å². The number of nitrogens with two attached hydrogens (primary N) is 1. The quantitative estimate of drug-likeness (QED) is 0.744. The van der Waals surface area contributed by atoms with Crippen molar-refractivity contribution < 1.29 is 9.13 Å². The molecule has 0 aliphatic rings. The predicted molar refractivity (Wildman–Crippen MR) is 67.0 cm³/mol. The molecule has 2 N–H and O–H groups in total. The first-order valence-corrected chi connectivity index (χ1v) is 6.08. The van der Waals surface area contributed by atoms with Gasteiger partial charge in [-0.05, 0) is 25.5 Å². The van der Waals surface area contributed by atoms with Crippen molar-refractivity contribution in [3.8, 4) is 5.75 Å². The molecule has 0 bridgehead atoms. The molecule has 3 nitrogen and oxygen atoms in total. The molecule has 1 unspecified atom stereocenters. The third kappa shape index (κ3) is 4.69. The second-order valence-electron chi connectivity index (χ2n) is 4.16. The highest BCUT2D eigenvalue weighted by molar-refractivity contribution is 5.30. The van der Waals surface area contributed by atoms with Crippen LogP contribution in [-0.4, -0.2) is 24.3 Å². The van der Waals surface area contributed by atoms with Crippen LogP contribution in [0.2, 0.25) is 0 Å². The van der Waals surface area contributed by atoms with Gasteiger partial charge in [0.05, 0.1) is 19.0 Å². The zero-order chi connectivity index (χ0) is 12.7. The monoisotopic (exact) mass is 240 g/mol. The molecule has 96 valence electrons. The molecule has 0 aliphatic carbocycles. The number of pyridine rings is 1. The van der Waals surface area contributed by atoms with E-state index in [1.165, 1.54) is 0 Å². The minimum Gasteiger partial charge on any atom is -0.492 e. The minimum absolute atomic E-state index is 0.0906. The van der Waals surface area contributed by atoms with Gasteiger partial charge < -0.3 is 10.5 Å². The lowest BCUT2D eigenvalue weighted by atomic mass is 10.1. The third-order valence-electron chi connectivity index (χ3n) is 2.59. The smallest absolute Gasteiger partial charge is 0.140 e. The Labute approximate surface area is 102 Å². The van der Waals surface area contributed by atoms with Crippen LogP contribution in [-0.2, 0) is 6.42 Å². The van der Waals surface area contributed by atoms with Gasteiger partial charge in [-0.1, -0.05) is 6.92 Å². The number of alkyl halides is 1. The Hall–Kier alpha value is -1.16. The van der Waals surface area contributed by atoms with E-state index in [2.05, 4.69) is 4.98 Å². The number of aromatic nitrogens is 1. The summed E-state index contributed by atoms with van der Waals surface area (Å²) in [5.74, 6) is 0.730. The van der Waals surface area contributed by atoms with Gasteiger partial charge in [0.25, 0.3) is 0 Å². The molecule has 0 saturated carbocycles. The summed E-state index contributed by atoms with van der Waals surface area (Å²) < 4.78 is 17.5. The Kier molecular flexibility index (Phi) is 5.91. The summed E-state index contributed by atoms with van der Waals surface area (Å²) in [6.07, 6.45) is 2.01. The standard InChI is InChI=1S/C13H21FN2O/c1-3-11(15)9-12-13(17-8-4-7-14)6-5-10(2)16-12/h5-6,11H,3-4,7-9,15H2,1-2H3. The molecule has 0 saturated heterocycles. The first-order valence-electron chi connectivity index (χ1n) is 6.08. The second-order valence-corrected chi connectivity index (χ2v) is 4.16. The van der Waals surface area contributed by atoms with E-state index in [9.17, 15) is 4.39 Å². The summed E-state index contributed by atoms with van der Waals surface area (Å²) in [7, 11) is 0. The van der Waals surface area contributed by atoms with Crippen molar-refractivity contribution in [2.75, 3.05) is 13.3 Å². The Morgan fingerprint density at radius 2 is 2.24 bits per heavy atom. The van der Waals surface area contributed by atoms with Gasteiger partial charge in [0.1, 0.15) is 5.75 Å². The first-order chi connectivity index (χ1) is 8.17. The third-order valence-corrected chi connectivity index (χ3v) is 2.59. The second kappa shape index (κ2) is 7.22. The molecule has 1 aromatic heterocycles. The normalized spacial score (nSPS) is 12.5. The number of hydrogen-bond acceptors (Lipinski definition) is 3. The van der Waals surface area contributed by atoms with Crippen molar-refractivity contribution in [2.24, 2.45) is 5.73 Å². The highest BCUT2D eigenvalue weighted by Gasteiger charge is 2.09. The fourth-order valence-electron chi connectivity index (χ4n) is 1.50. The fourth-order valence-corrected chi connectivity index (χ4v) is 1.50. The average molecular weight is 240 g/mol. The Bertz CT molecular complexity index is 344. The largest absolute Gasteiger partial charge is 0.492 e. The number of ether oxygens (including phenoxy) is 1. The van der Waals surface area contributed by atoms with Crippen molar-refractivity contribution >= 4 is 0 Å². The van der Waals surface area contributed by atoms with Crippen LogP contribution >= 0.6 is 0 Å². The van der Waals surface area contributed by atoms with E-state index in [0.717, 1.165) is 23.6 Å². The van der Waals surface area contributed by atoms with Crippen LogP contribution in [0.25, 0.3) is 0 Å². The van der Waals surface area contributed by atoms with E-state index >= 15 is 0 Å². The lowest BCUT2D eigenvalue weighted by molar-refractivity contribution is 0.285. The maximum Gasteiger partial charge on any atom is 0.140 e.